The third kappa shape index (κ3) is 5.41. The van der Waals surface area contributed by atoms with E-state index in [4.69, 9.17) is 9.47 Å². The minimum absolute atomic E-state index is 0.0424. The molecule has 0 bridgehead atoms. The van der Waals surface area contributed by atoms with Crippen LogP contribution in [0.3, 0.4) is 0 Å². The fourth-order valence-corrected chi connectivity index (χ4v) is 6.33. The summed E-state index contributed by atoms with van der Waals surface area (Å²) in [6.45, 7) is 1.64. The number of piperidine rings is 1. The second-order valence-corrected chi connectivity index (χ2v) is 11.0. The van der Waals surface area contributed by atoms with Crippen LogP contribution in [0.15, 0.2) is 59.0 Å². The lowest BCUT2D eigenvalue weighted by Gasteiger charge is -2.26. The van der Waals surface area contributed by atoms with E-state index in [1.807, 2.05) is 0 Å². The van der Waals surface area contributed by atoms with E-state index in [1.165, 1.54) is 33.5 Å². The molecule has 2 aromatic rings. The molecule has 1 amide bonds. The van der Waals surface area contributed by atoms with Crippen molar-refractivity contribution in [3.63, 3.8) is 0 Å². The maximum atomic E-state index is 13.1. The Morgan fingerprint density at radius 3 is 2.22 bits per heavy atom. The molecule has 37 heavy (non-hydrogen) atoms. The summed E-state index contributed by atoms with van der Waals surface area (Å²) in [7, 11) is -0.540. The highest BCUT2D eigenvalue weighted by Gasteiger charge is 2.45. The molecule has 2 aliphatic rings. The lowest BCUT2D eigenvalue weighted by Crippen LogP contribution is -2.35. The van der Waals surface area contributed by atoms with Crippen LogP contribution in [-0.4, -0.2) is 74.9 Å². The summed E-state index contributed by atoms with van der Waals surface area (Å²) in [5, 5.41) is 11.2. The monoisotopic (exact) mass is 528 g/mol. The van der Waals surface area contributed by atoms with Gasteiger partial charge in [-0.3, -0.25) is 9.59 Å². The van der Waals surface area contributed by atoms with Crippen molar-refractivity contribution in [2.75, 3.05) is 40.5 Å². The van der Waals surface area contributed by atoms with Gasteiger partial charge in [0.25, 0.3) is 11.7 Å². The average molecular weight is 529 g/mol. The Morgan fingerprint density at radius 1 is 0.973 bits per heavy atom. The highest BCUT2D eigenvalue weighted by molar-refractivity contribution is 7.89. The minimum Gasteiger partial charge on any atom is -0.507 e. The molecule has 0 aliphatic carbocycles. The summed E-state index contributed by atoms with van der Waals surface area (Å²) in [4.78, 5) is 27.7. The average Bonchev–Trinajstić information content (AvgIpc) is 3.18. The first-order chi connectivity index (χ1) is 17.8. The number of carbonyl (C=O) groups excluding carboxylic acids is 2. The molecule has 1 atom stereocenters. The third-order valence-corrected chi connectivity index (χ3v) is 8.71. The quantitative estimate of drug-likeness (QED) is 0.230. The molecule has 0 radical (unpaired) electrons. The van der Waals surface area contributed by atoms with Gasteiger partial charge in [0.2, 0.25) is 10.0 Å². The summed E-state index contributed by atoms with van der Waals surface area (Å²) in [5.41, 5.74) is 0.855. The zero-order valence-electron chi connectivity index (χ0n) is 21.1. The van der Waals surface area contributed by atoms with Crippen LogP contribution in [0.1, 0.15) is 42.9 Å². The van der Waals surface area contributed by atoms with Crippen LogP contribution in [0.5, 0.6) is 5.75 Å². The normalized spacial score (nSPS) is 20.4. The number of nitrogens with zero attached hydrogens (tertiary/aromatic N) is 2. The number of likely N-dealkylation sites (tertiary alicyclic amines) is 1. The van der Waals surface area contributed by atoms with E-state index in [0.29, 0.717) is 37.4 Å². The lowest BCUT2D eigenvalue weighted by molar-refractivity contribution is -0.140. The maximum Gasteiger partial charge on any atom is 0.295 e. The molecule has 4 rings (SSSR count). The van der Waals surface area contributed by atoms with Gasteiger partial charge < -0.3 is 19.5 Å². The van der Waals surface area contributed by atoms with Crippen molar-refractivity contribution < 1.29 is 32.6 Å². The standard InChI is InChI=1S/C27H32N2O7S/c1-35-18-6-17-29-24(19-7-11-21(36-2)12-8-19)23(26(31)27(29)32)25(30)20-9-13-22(14-10-20)37(33,34)28-15-4-3-5-16-28/h7-14,24,30H,3-6,15-18H2,1-2H3/b25-23+. The number of sulfonamides is 1. The van der Waals surface area contributed by atoms with Crippen LogP contribution in [0.25, 0.3) is 5.76 Å². The van der Waals surface area contributed by atoms with Gasteiger partial charge in [-0.1, -0.05) is 18.6 Å². The summed E-state index contributed by atoms with van der Waals surface area (Å²) in [6.07, 6.45) is 3.18. The van der Waals surface area contributed by atoms with Crippen LogP contribution in [0.4, 0.5) is 0 Å². The largest absolute Gasteiger partial charge is 0.507 e. The Hall–Kier alpha value is -3.21. The van der Waals surface area contributed by atoms with Gasteiger partial charge in [-0.2, -0.15) is 4.31 Å². The first-order valence-electron chi connectivity index (χ1n) is 12.3. The number of carbonyl (C=O) groups is 2. The van der Waals surface area contributed by atoms with Crippen LogP contribution in [0.2, 0.25) is 0 Å². The SMILES string of the molecule is COCCCN1C(=O)C(=O)/C(=C(/O)c2ccc(S(=O)(=O)N3CCCCC3)cc2)C1c1ccc(OC)cc1. The summed E-state index contributed by atoms with van der Waals surface area (Å²) >= 11 is 0. The van der Waals surface area contributed by atoms with Crippen molar-refractivity contribution >= 4 is 27.5 Å². The predicted molar refractivity (Wildman–Crippen MR) is 138 cm³/mol. The molecule has 0 spiro atoms. The molecule has 9 nitrogen and oxygen atoms in total. The van der Waals surface area contributed by atoms with Gasteiger partial charge in [-0.05, 0) is 61.2 Å². The molecular formula is C27H32N2O7S. The van der Waals surface area contributed by atoms with Crippen LogP contribution in [-0.2, 0) is 24.3 Å². The molecule has 2 heterocycles. The van der Waals surface area contributed by atoms with Crippen molar-refractivity contribution in [1.29, 1.82) is 0 Å². The molecular weight excluding hydrogens is 496 g/mol. The number of rotatable bonds is 9. The van der Waals surface area contributed by atoms with Crippen LogP contribution >= 0.6 is 0 Å². The second-order valence-electron chi connectivity index (χ2n) is 9.10. The number of aliphatic hydroxyl groups excluding tert-OH is 1. The summed E-state index contributed by atoms with van der Waals surface area (Å²) in [6, 6.07) is 11.9. The van der Waals surface area contributed by atoms with Crippen molar-refractivity contribution in [3.8, 4) is 5.75 Å². The Labute approximate surface area is 217 Å². The van der Waals surface area contributed by atoms with Gasteiger partial charge >= 0.3 is 0 Å². The van der Waals surface area contributed by atoms with Gasteiger partial charge in [0.1, 0.15) is 11.5 Å². The van der Waals surface area contributed by atoms with Gasteiger partial charge in [0, 0.05) is 38.9 Å². The van der Waals surface area contributed by atoms with E-state index in [2.05, 4.69) is 0 Å². The van der Waals surface area contributed by atoms with E-state index in [9.17, 15) is 23.1 Å². The Bertz CT molecular complexity index is 1260. The number of ether oxygens (including phenoxy) is 2. The molecule has 0 saturated carbocycles. The number of ketones is 1. The number of hydrogen-bond donors (Lipinski definition) is 1. The molecule has 1 N–H and O–H groups in total. The first-order valence-corrected chi connectivity index (χ1v) is 13.8. The van der Waals surface area contributed by atoms with Gasteiger partial charge in [0.15, 0.2) is 0 Å². The molecule has 2 aromatic carbocycles. The molecule has 0 aromatic heterocycles. The highest BCUT2D eigenvalue weighted by Crippen LogP contribution is 2.40. The summed E-state index contributed by atoms with van der Waals surface area (Å²) in [5.74, 6) is -1.23. The Balaban J connectivity index is 1.72. The van der Waals surface area contributed by atoms with Crippen LogP contribution in [0, 0.1) is 0 Å². The fraction of sp³-hybridized carbons (Fsp3) is 0.407. The Kier molecular flexibility index (Phi) is 8.31. The van der Waals surface area contributed by atoms with Crippen LogP contribution < -0.4 is 4.74 Å². The highest BCUT2D eigenvalue weighted by atomic mass is 32.2. The number of methoxy groups -OCH3 is 2. The molecule has 10 heteroatoms. The van der Waals surface area contributed by atoms with Crippen molar-refractivity contribution in [3.05, 3.63) is 65.2 Å². The van der Waals surface area contributed by atoms with E-state index in [0.717, 1.165) is 19.3 Å². The topological polar surface area (TPSA) is 113 Å². The third-order valence-electron chi connectivity index (χ3n) is 6.80. The number of Topliss-reactive ketones (excluding diaryl/α,β-unsaturated/α-hetero) is 1. The second kappa shape index (κ2) is 11.5. The van der Waals surface area contributed by atoms with Gasteiger partial charge in [-0.25, -0.2) is 8.42 Å². The molecule has 2 fully saturated rings. The molecule has 2 saturated heterocycles. The van der Waals surface area contributed by atoms with E-state index >= 15 is 0 Å². The first kappa shape index (κ1) is 26.8. The number of hydrogen-bond acceptors (Lipinski definition) is 7. The van der Waals surface area contributed by atoms with Gasteiger partial charge in [0.05, 0.1) is 23.6 Å². The molecule has 198 valence electrons. The van der Waals surface area contributed by atoms with Crippen molar-refractivity contribution in [2.45, 2.75) is 36.6 Å². The zero-order valence-corrected chi connectivity index (χ0v) is 21.9. The molecule has 1 unspecified atom stereocenters. The van der Waals surface area contributed by atoms with Crippen molar-refractivity contribution in [1.82, 2.24) is 9.21 Å². The van der Waals surface area contributed by atoms with Crippen molar-refractivity contribution in [2.24, 2.45) is 0 Å². The summed E-state index contributed by atoms with van der Waals surface area (Å²) < 4.78 is 37.8. The minimum atomic E-state index is -3.64. The van der Waals surface area contributed by atoms with E-state index < -0.39 is 27.8 Å². The maximum absolute atomic E-state index is 13.1. The predicted octanol–water partition coefficient (Wildman–Crippen LogP) is 3.33. The fourth-order valence-electron chi connectivity index (χ4n) is 4.82. The zero-order chi connectivity index (χ0) is 26.6. The number of aliphatic hydroxyl groups is 1. The Morgan fingerprint density at radius 2 is 1.62 bits per heavy atom. The van der Waals surface area contributed by atoms with E-state index in [1.54, 1.807) is 38.5 Å². The van der Waals surface area contributed by atoms with E-state index in [-0.39, 0.29) is 28.3 Å². The smallest absolute Gasteiger partial charge is 0.295 e. The lowest BCUT2D eigenvalue weighted by atomic mass is 9.95. The number of amides is 1. The molecule has 2 aliphatic heterocycles. The number of benzene rings is 2. The van der Waals surface area contributed by atoms with Gasteiger partial charge in [-0.15, -0.1) is 0 Å².